The van der Waals surface area contributed by atoms with Gasteiger partial charge in [0, 0.05) is 36.4 Å². The standard InChI is InChI=1S/C27H29NO6/c1-16-24(27(31)34-12-11-32-2)25(18-9-10-21(29)23(15-18)33-3)26-20(28-16)13-19(14-22(26)30)17-7-5-4-6-8-17/h4-10,15,19,24-25,29H,11-14H2,1-3H3/t19-,24?,25-/m0/s1. The van der Waals surface area contributed by atoms with Gasteiger partial charge in [-0.05, 0) is 42.5 Å². The molecular formula is C27H29NO6. The van der Waals surface area contributed by atoms with E-state index in [9.17, 15) is 14.7 Å². The number of hydrogen-bond acceptors (Lipinski definition) is 7. The van der Waals surface area contributed by atoms with Crippen LogP contribution in [0.25, 0.3) is 0 Å². The lowest BCUT2D eigenvalue weighted by molar-refractivity contribution is -0.147. The van der Waals surface area contributed by atoms with E-state index in [0.29, 0.717) is 35.4 Å². The van der Waals surface area contributed by atoms with E-state index in [1.165, 1.54) is 20.3 Å². The summed E-state index contributed by atoms with van der Waals surface area (Å²) in [5.74, 6) is -1.54. The summed E-state index contributed by atoms with van der Waals surface area (Å²) >= 11 is 0. The lowest BCUT2D eigenvalue weighted by atomic mass is 9.69. The van der Waals surface area contributed by atoms with E-state index in [1.54, 1.807) is 19.1 Å². The molecule has 1 N–H and O–H groups in total. The summed E-state index contributed by atoms with van der Waals surface area (Å²) in [5, 5.41) is 10.1. The predicted molar refractivity (Wildman–Crippen MR) is 127 cm³/mol. The molecule has 1 unspecified atom stereocenters. The first-order valence-electron chi connectivity index (χ1n) is 11.3. The summed E-state index contributed by atoms with van der Waals surface area (Å²) in [4.78, 5) is 31.5. The minimum Gasteiger partial charge on any atom is -0.504 e. The summed E-state index contributed by atoms with van der Waals surface area (Å²) < 4.78 is 15.8. The van der Waals surface area contributed by atoms with Crippen LogP contribution in [0.1, 0.15) is 42.7 Å². The minimum atomic E-state index is -0.762. The van der Waals surface area contributed by atoms with Gasteiger partial charge in [0.1, 0.15) is 12.5 Å². The molecule has 2 aromatic rings. The molecule has 7 heteroatoms. The number of phenols is 1. The molecule has 178 valence electrons. The Labute approximate surface area is 199 Å². The van der Waals surface area contributed by atoms with Crippen molar-refractivity contribution in [1.82, 2.24) is 0 Å². The smallest absolute Gasteiger partial charge is 0.315 e. The van der Waals surface area contributed by atoms with Crippen molar-refractivity contribution in [1.29, 1.82) is 0 Å². The van der Waals surface area contributed by atoms with Gasteiger partial charge in [-0.25, -0.2) is 0 Å². The van der Waals surface area contributed by atoms with Crippen LogP contribution in [-0.2, 0) is 19.1 Å². The average molecular weight is 464 g/mol. The van der Waals surface area contributed by atoms with Crippen LogP contribution in [-0.4, -0.2) is 50.0 Å². The lowest BCUT2D eigenvalue weighted by Gasteiger charge is -2.36. The van der Waals surface area contributed by atoms with Gasteiger partial charge in [0.25, 0.3) is 0 Å². The molecular weight excluding hydrogens is 434 g/mol. The quantitative estimate of drug-likeness (QED) is 0.489. The zero-order valence-corrected chi connectivity index (χ0v) is 19.6. The zero-order valence-electron chi connectivity index (χ0n) is 19.6. The Bertz CT molecular complexity index is 1140. The van der Waals surface area contributed by atoms with Crippen LogP contribution in [0.15, 0.2) is 64.8 Å². The highest BCUT2D eigenvalue weighted by molar-refractivity contribution is 6.09. The number of aliphatic imine (C=N–C) groups is 1. The van der Waals surface area contributed by atoms with E-state index in [0.717, 1.165) is 5.56 Å². The van der Waals surface area contributed by atoms with Crippen molar-refractivity contribution >= 4 is 17.5 Å². The number of aromatic hydroxyl groups is 1. The summed E-state index contributed by atoms with van der Waals surface area (Å²) in [6, 6.07) is 14.9. The van der Waals surface area contributed by atoms with Crippen molar-refractivity contribution in [3.05, 3.63) is 70.9 Å². The normalized spacial score (nSPS) is 22.1. The molecule has 1 aliphatic carbocycles. The van der Waals surface area contributed by atoms with Gasteiger partial charge in [-0.3, -0.25) is 14.6 Å². The summed E-state index contributed by atoms with van der Waals surface area (Å²) in [7, 11) is 3.00. The maximum absolute atomic E-state index is 13.6. The van der Waals surface area contributed by atoms with Crippen LogP contribution in [0, 0.1) is 5.92 Å². The third-order valence-corrected chi connectivity index (χ3v) is 6.51. The second-order valence-electron chi connectivity index (χ2n) is 8.60. The van der Waals surface area contributed by atoms with Gasteiger partial charge in [0.05, 0.1) is 13.7 Å². The van der Waals surface area contributed by atoms with Gasteiger partial charge < -0.3 is 19.3 Å². The van der Waals surface area contributed by atoms with Gasteiger partial charge in [-0.1, -0.05) is 36.4 Å². The molecule has 0 aromatic heterocycles. The second-order valence-corrected chi connectivity index (χ2v) is 8.60. The number of methoxy groups -OCH3 is 2. The number of allylic oxidation sites excluding steroid dienone is 2. The van der Waals surface area contributed by atoms with E-state index < -0.39 is 17.8 Å². The number of rotatable bonds is 7. The fraction of sp³-hybridized carbons (Fsp3) is 0.370. The molecule has 7 nitrogen and oxygen atoms in total. The van der Waals surface area contributed by atoms with Crippen molar-refractivity contribution in [2.24, 2.45) is 10.9 Å². The average Bonchev–Trinajstić information content (AvgIpc) is 2.84. The first kappa shape index (κ1) is 23.7. The molecule has 34 heavy (non-hydrogen) atoms. The Morgan fingerprint density at radius 1 is 1.06 bits per heavy atom. The molecule has 4 rings (SSSR count). The number of benzene rings is 2. The van der Waals surface area contributed by atoms with Crippen LogP contribution in [0.2, 0.25) is 0 Å². The number of carbonyl (C=O) groups excluding carboxylic acids is 2. The Hall–Kier alpha value is -3.45. The van der Waals surface area contributed by atoms with E-state index in [-0.39, 0.29) is 36.4 Å². The van der Waals surface area contributed by atoms with Crippen molar-refractivity contribution in [2.75, 3.05) is 27.4 Å². The highest BCUT2D eigenvalue weighted by Crippen LogP contribution is 2.47. The number of ketones is 1. The first-order chi connectivity index (χ1) is 16.4. The fourth-order valence-electron chi connectivity index (χ4n) is 4.89. The largest absolute Gasteiger partial charge is 0.504 e. The maximum atomic E-state index is 13.6. The third-order valence-electron chi connectivity index (χ3n) is 6.51. The molecule has 0 fully saturated rings. The van der Waals surface area contributed by atoms with Crippen LogP contribution < -0.4 is 4.74 Å². The Morgan fingerprint density at radius 3 is 2.53 bits per heavy atom. The topological polar surface area (TPSA) is 94.4 Å². The number of esters is 1. The van der Waals surface area contributed by atoms with Gasteiger partial charge in [0.15, 0.2) is 17.3 Å². The van der Waals surface area contributed by atoms with E-state index >= 15 is 0 Å². The van der Waals surface area contributed by atoms with Gasteiger partial charge in [-0.2, -0.15) is 0 Å². The molecule has 3 atom stereocenters. The second kappa shape index (κ2) is 10.2. The fourth-order valence-corrected chi connectivity index (χ4v) is 4.89. The monoisotopic (exact) mass is 463 g/mol. The first-order valence-corrected chi connectivity index (χ1v) is 11.3. The van der Waals surface area contributed by atoms with Crippen LogP contribution in [0.5, 0.6) is 11.5 Å². The molecule has 2 aromatic carbocycles. The van der Waals surface area contributed by atoms with Crippen molar-refractivity contribution in [3.63, 3.8) is 0 Å². The molecule has 1 aliphatic heterocycles. The van der Waals surface area contributed by atoms with Gasteiger partial charge in [-0.15, -0.1) is 0 Å². The SMILES string of the molecule is COCCOC(=O)C1C(C)=NC2=C(C(=O)C[C@@H](c3ccccc3)C2)[C@H]1c1ccc(O)c(OC)c1. The van der Waals surface area contributed by atoms with Gasteiger partial charge in [0.2, 0.25) is 0 Å². The van der Waals surface area contributed by atoms with Crippen molar-refractivity contribution in [2.45, 2.75) is 31.6 Å². The molecule has 0 saturated heterocycles. The van der Waals surface area contributed by atoms with Crippen molar-refractivity contribution in [3.8, 4) is 11.5 Å². The number of phenolic OH excluding ortho intramolecular Hbond substituents is 1. The number of ether oxygens (including phenoxy) is 3. The number of nitrogens with zero attached hydrogens (tertiary/aromatic N) is 1. The number of Topliss-reactive ketones (excluding diaryl/α,β-unsaturated/α-hetero) is 1. The summed E-state index contributed by atoms with van der Waals surface area (Å²) in [6.07, 6.45) is 0.953. The van der Waals surface area contributed by atoms with Crippen LogP contribution in [0.4, 0.5) is 0 Å². The summed E-state index contributed by atoms with van der Waals surface area (Å²) in [5.41, 5.74) is 3.63. The maximum Gasteiger partial charge on any atom is 0.315 e. The van der Waals surface area contributed by atoms with Crippen LogP contribution in [0.3, 0.4) is 0 Å². The minimum absolute atomic E-state index is 0.0139. The molecule has 2 aliphatic rings. The molecule has 0 bridgehead atoms. The Balaban J connectivity index is 1.78. The van der Waals surface area contributed by atoms with Crippen molar-refractivity contribution < 1.29 is 28.9 Å². The van der Waals surface area contributed by atoms with E-state index in [4.69, 9.17) is 19.2 Å². The number of hydrogen-bond donors (Lipinski definition) is 1. The highest BCUT2D eigenvalue weighted by Gasteiger charge is 2.45. The summed E-state index contributed by atoms with van der Waals surface area (Å²) in [6.45, 7) is 2.19. The molecule has 0 amide bonds. The molecule has 0 spiro atoms. The lowest BCUT2D eigenvalue weighted by Crippen LogP contribution is -2.38. The highest BCUT2D eigenvalue weighted by atomic mass is 16.6. The third kappa shape index (κ3) is 4.61. The van der Waals surface area contributed by atoms with E-state index in [2.05, 4.69) is 0 Å². The molecule has 0 radical (unpaired) electrons. The Kier molecular flexibility index (Phi) is 7.12. The predicted octanol–water partition coefficient (Wildman–Crippen LogP) is 4.17. The van der Waals surface area contributed by atoms with Crippen LogP contribution >= 0.6 is 0 Å². The molecule has 0 saturated carbocycles. The Morgan fingerprint density at radius 2 is 1.82 bits per heavy atom. The number of carbonyl (C=O) groups is 2. The van der Waals surface area contributed by atoms with E-state index in [1.807, 2.05) is 30.3 Å². The molecule has 1 heterocycles. The van der Waals surface area contributed by atoms with Gasteiger partial charge >= 0.3 is 5.97 Å². The zero-order chi connectivity index (χ0) is 24.2.